The Morgan fingerprint density at radius 1 is 1.19 bits per heavy atom. The van der Waals surface area contributed by atoms with Crippen LogP contribution in [0, 0.1) is 0 Å². The smallest absolute Gasteiger partial charge is 0.185 e. The summed E-state index contributed by atoms with van der Waals surface area (Å²) in [5.74, 6) is 0.0230. The Kier molecular flexibility index (Phi) is 5.06. The van der Waals surface area contributed by atoms with Gasteiger partial charge in [0.15, 0.2) is 5.78 Å². The summed E-state index contributed by atoms with van der Waals surface area (Å²) in [6.07, 6.45) is 6.96. The molecule has 0 atom stereocenters. The molecule has 0 amide bonds. The van der Waals surface area contributed by atoms with E-state index in [9.17, 15) is 4.79 Å². The molecule has 0 bridgehead atoms. The van der Waals surface area contributed by atoms with Gasteiger partial charge in [-0.25, -0.2) is 0 Å². The number of hydrogen-bond acceptors (Lipinski definition) is 2. The first-order valence-electron chi connectivity index (χ1n) is 5.39. The molecule has 0 aliphatic rings. The second-order valence-electron chi connectivity index (χ2n) is 3.77. The third-order valence-corrected chi connectivity index (χ3v) is 1.94. The summed E-state index contributed by atoms with van der Waals surface area (Å²) < 4.78 is 0. The maximum atomic E-state index is 11.6. The SMILES string of the molecule is CC(C)N/C=C/C=C/C(=O)c1ccccc1. The Morgan fingerprint density at radius 3 is 2.50 bits per heavy atom. The van der Waals surface area contributed by atoms with Crippen molar-refractivity contribution in [3.8, 4) is 0 Å². The number of rotatable bonds is 5. The van der Waals surface area contributed by atoms with Gasteiger partial charge in [0.1, 0.15) is 0 Å². The molecule has 1 aromatic carbocycles. The molecule has 0 aliphatic carbocycles. The molecule has 0 radical (unpaired) electrons. The topological polar surface area (TPSA) is 29.1 Å². The average Bonchev–Trinajstić information content (AvgIpc) is 2.29. The molecule has 0 heterocycles. The van der Waals surface area contributed by atoms with Gasteiger partial charge in [0.05, 0.1) is 0 Å². The lowest BCUT2D eigenvalue weighted by molar-refractivity contribution is 0.104. The van der Waals surface area contributed by atoms with E-state index < -0.39 is 0 Å². The van der Waals surface area contributed by atoms with E-state index in [0.717, 1.165) is 0 Å². The highest BCUT2D eigenvalue weighted by atomic mass is 16.1. The zero-order valence-corrected chi connectivity index (χ0v) is 9.68. The third-order valence-electron chi connectivity index (χ3n) is 1.94. The summed E-state index contributed by atoms with van der Waals surface area (Å²) in [6.45, 7) is 4.12. The minimum absolute atomic E-state index is 0.0230. The van der Waals surface area contributed by atoms with Gasteiger partial charge < -0.3 is 5.32 Å². The molecule has 1 rings (SSSR count). The molecule has 0 saturated heterocycles. The Labute approximate surface area is 96.7 Å². The highest BCUT2D eigenvalue weighted by Crippen LogP contribution is 2.00. The van der Waals surface area contributed by atoms with E-state index in [0.29, 0.717) is 11.6 Å². The van der Waals surface area contributed by atoms with E-state index in [1.165, 1.54) is 0 Å². The van der Waals surface area contributed by atoms with Crippen molar-refractivity contribution in [3.63, 3.8) is 0 Å². The van der Waals surface area contributed by atoms with Gasteiger partial charge in [0.25, 0.3) is 0 Å². The monoisotopic (exact) mass is 215 g/mol. The van der Waals surface area contributed by atoms with Crippen molar-refractivity contribution in [2.24, 2.45) is 0 Å². The van der Waals surface area contributed by atoms with Crippen molar-refractivity contribution in [2.45, 2.75) is 19.9 Å². The summed E-state index contributed by atoms with van der Waals surface area (Å²) in [4.78, 5) is 11.6. The van der Waals surface area contributed by atoms with Crippen LogP contribution in [0.1, 0.15) is 24.2 Å². The number of ketones is 1. The van der Waals surface area contributed by atoms with Gasteiger partial charge in [-0.05, 0) is 32.2 Å². The van der Waals surface area contributed by atoms with Gasteiger partial charge in [-0.1, -0.05) is 36.4 Å². The predicted octanol–water partition coefficient (Wildman–Crippen LogP) is 2.94. The second kappa shape index (κ2) is 6.62. The predicted molar refractivity (Wildman–Crippen MR) is 67.3 cm³/mol. The largest absolute Gasteiger partial charge is 0.389 e. The normalized spacial score (nSPS) is 11.4. The molecular formula is C14H17NO. The quantitative estimate of drug-likeness (QED) is 0.465. The first-order valence-corrected chi connectivity index (χ1v) is 5.39. The fourth-order valence-corrected chi connectivity index (χ4v) is 1.15. The number of carbonyl (C=O) groups is 1. The van der Waals surface area contributed by atoms with Crippen molar-refractivity contribution in [3.05, 3.63) is 60.3 Å². The molecule has 0 unspecified atom stereocenters. The lowest BCUT2D eigenvalue weighted by Gasteiger charge is -2.00. The maximum Gasteiger partial charge on any atom is 0.185 e. The first kappa shape index (κ1) is 12.2. The van der Waals surface area contributed by atoms with Crippen LogP contribution >= 0.6 is 0 Å². The van der Waals surface area contributed by atoms with Crippen LogP contribution in [0.3, 0.4) is 0 Å². The zero-order chi connectivity index (χ0) is 11.8. The van der Waals surface area contributed by atoms with Crippen molar-refractivity contribution in [1.29, 1.82) is 0 Å². The molecule has 2 nitrogen and oxygen atoms in total. The second-order valence-corrected chi connectivity index (χ2v) is 3.77. The Morgan fingerprint density at radius 2 is 1.88 bits per heavy atom. The molecule has 0 fully saturated rings. The molecule has 1 aromatic rings. The molecule has 84 valence electrons. The number of benzene rings is 1. The highest BCUT2D eigenvalue weighted by Gasteiger charge is 1.97. The molecular weight excluding hydrogens is 198 g/mol. The van der Waals surface area contributed by atoms with Crippen LogP contribution in [0.2, 0.25) is 0 Å². The Balaban J connectivity index is 2.46. The number of carbonyl (C=O) groups excluding carboxylic acids is 1. The van der Waals surface area contributed by atoms with Gasteiger partial charge in [0.2, 0.25) is 0 Å². The third kappa shape index (κ3) is 4.60. The lowest BCUT2D eigenvalue weighted by atomic mass is 10.1. The fourth-order valence-electron chi connectivity index (χ4n) is 1.15. The van der Waals surface area contributed by atoms with Crippen molar-refractivity contribution < 1.29 is 4.79 Å². The van der Waals surface area contributed by atoms with E-state index in [1.54, 1.807) is 12.2 Å². The van der Waals surface area contributed by atoms with Crippen molar-refractivity contribution in [1.82, 2.24) is 5.32 Å². The van der Waals surface area contributed by atoms with Crippen LogP contribution in [-0.4, -0.2) is 11.8 Å². The number of hydrogen-bond donors (Lipinski definition) is 1. The van der Waals surface area contributed by atoms with Crippen LogP contribution in [0.25, 0.3) is 0 Å². The molecule has 1 N–H and O–H groups in total. The van der Waals surface area contributed by atoms with Crippen LogP contribution in [0.15, 0.2) is 54.8 Å². The van der Waals surface area contributed by atoms with Gasteiger partial charge in [-0.15, -0.1) is 0 Å². The first-order chi connectivity index (χ1) is 7.70. The summed E-state index contributed by atoms with van der Waals surface area (Å²) in [7, 11) is 0. The van der Waals surface area contributed by atoms with Gasteiger partial charge >= 0.3 is 0 Å². The van der Waals surface area contributed by atoms with Gasteiger partial charge in [-0.3, -0.25) is 4.79 Å². The summed E-state index contributed by atoms with van der Waals surface area (Å²) in [5, 5.41) is 3.12. The minimum atomic E-state index is 0.0230. The average molecular weight is 215 g/mol. The van der Waals surface area contributed by atoms with E-state index in [4.69, 9.17) is 0 Å². The molecule has 16 heavy (non-hydrogen) atoms. The van der Waals surface area contributed by atoms with Crippen molar-refractivity contribution >= 4 is 5.78 Å². The van der Waals surface area contributed by atoms with Crippen LogP contribution in [-0.2, 0) is 0 Å². The van der Waals surface area contributed by atoms with Gasteiger partial charge in [-0.2, -0.15) is 0 Å². The molecule has 0 aromatic heterocycles. The minimum Gasteiger partial charge on any atom is -0.389 e. The Hall–Kier alpha value is -1.83. The Bertz CT molecular complexity index is 377. The zero-order valence-electron chi connectivity index (χ0n) is 9.68. The molecule has 0 saturated carbocycles. The standard InChI is InChI=1S/C14H17NO/c1-12(2)15-11-7-6-10-14(16)13-8-4-3-5-9-13/h3-12,15H,1-2H3/b10-6+,11-7+. The maximum absolute atomic E-state index is 11.6. The summed E-state index contributed by atoms with van der Waals surface area (Å²) in [6, 6.07) is 9.64. The van der Waals surface area contributed by atoms with Gasteiger partial charge in [0, 0.05) is 11.6 Å². The number of allylic oxidation sites excluding steroid dienone is 3. The van der Waals surface area contributed by atoms with E-state index in [-0.39, 0.29) is 5.78 Å². The van der Waals surface area contributed by atoms with E-state index in [1.807, 2.05) is 42.6 Å². The van der Waals surface area contributed by atoms with Crippen LogP contribution in [0.5, 0.6) is 0 Å². The lowest BCUT2D eigenvalue weighted by Crippen LogP contribution is -2.14. The van der Waals surface area contributed by atoms with Crippen molar-refractivity contribution in [2.75, 3.05) is 0 Å². The molecule has 0 spiro atoms. The van der Waals surface area contributed by atoms with E-state index >= 15 is 0 Å². The van der Waals surface area contributed by atoms with E-state index in [2.05, 4.69) is 19.2 Å². The summed E-state index contributed by atoms with van der Waals surface area (Å²) in [5.41, 5.74) is 0.712. The fraction of sp³-hybridized carbons (Fsp3) is 0.214. The highest BCUT2D eigenvalue weighted by molar-refractivity contribution is 6.04. The van der Waals surface area contributed by atoms with Crippen LogP contribution in [0.4, 0.5) is 0 Å². The molecule has 2 heteroatoms. The van der Waals surface area contributed by atoms with Crippen LogP contribution < -0.4 is 5.32 Å². The molecule has 0 aliphatic heterocycles. The summed E-state index contributed by atoms with van der Waals surface area (Å²) >= 11 is 0. The number of nitrogens with one attached hydrogen (secondary N) is 1.